The molecule has 1 aromatic rings. The van der Waals surface area contributed by atoms with E-state index in [1.165, 1.54) is 17.4 Å². The Hall–Kier alpha value is -0.870. The van der Waals surface area contributed by atoms with Crippen LogP contribution < -0.4 is 10.6 Å². The summed E-state index contributed by atoms with van der Waals surface area (Å²) in [6.07, 6.45) is 1.20. The number of rotatable bonds is 8. The summed E-state index contributed by atoms with van der Waals surface area (Å²) in [7, 11) is -1.25. The van der Waals surface area contributed by atoms with E-state index in [9.17, 15) is 8.42 Å². The van der Waals surface area contributed by atoms with Gasteiger partial charge in [-0.1, -0.05) is 24.3 Å². The van der Waals surface area contributed by atoms with Crippen LogP contribution in [0.3, 0.4) is 0 Å². The number of benzene rings is 1. The van der Waals surface area contributed by atoms with Crippen molar-refractivity contribution in [3.63, 3.8) is 0 Å². The fraction of sp³-hybridized carbons (Fsp3) is 0.533. The van der Waals surface area contributed by atoms with Gasteiger partial charge >= 0.3 is 0 Å². The van der Waals surface area contributed by atoms with E-state index >= 15 is 0 Å². The molecule has 1 rings (SSSR count). The number of hydrogen-bond donors (Lipinski definition) is 2. The van der Waals surface area contributed by atoms with Gasteiger partial charge in [0.15, 0.2) is 5.96 Å². The van der Waals surface area contributed by atoms with Gasteiger partial charge < -0.3 is 15.4 Å². The summed E-state index contributed by atoms with van der Waals surface area (Å²) in [5, 5.41) is 6.35. The average molecular weight is 455 g/mol. The number of halogens is 1. The first kappa shape index (κ1) is 22.1. The van der Waals surface area contributed by atoms with E-state index in [0.717, 1.165) is 0 Å². The summed E-state index contributed by atoms with van der Waals surface area (Å²) >= 11 is 0. The van der Waals surface area contributed by atoms with Gasteiger partial charge in [-0.05, 0) is 18.1 Å². The van der Waals surface area contributed by atoms with Crippen molar-refractivity contribution in [2.24, 2.45) is 4.99 Å². The second-order valence-electron chi connectivity index (χ2n) is 5.02. The molecule has 23 heavy (non-hydrogen) atoms. The summed E-state index contributed by atoms with van der Waals surface area (Å²) in [6, 6.07) is 8.17. The molecule has 0 unspecified atom stereocenters. The van der Waals surface area contributed by atoms with Crippen molar-refractivity contribution >= 4 is 39.8 Å². The van der Waals surface area contributed by atoms with Crippen LogP contribution in [-0.4, -0.2) is 53.2 Å². The Morgan fingerprint density at radius 1 is 1.22 bits per heavy atom. The lowest BCUT2D eigenvalue weighted by Gasteiger charge is -2.13. The Morgan fingerprint density at radius 2 is 1.91 bits per heavy atom. The molecule has 0 bridgehead atoms. The third-order valence-corrected chi connectivity index (χ3v) is 3.98. The topological polar surface area (TPSA) is 79.8 Å². The summed E-state index contributed by atoms with van der Waals surface area (Å²) in [6.45, 7) is 3.98. The lowest BCUT2D eigenvalue weighted by atomic mass is 10.1. The predicted octanol–water partition coefficient (Wildman–Crippen LogP) is 1.34. The molecular formula is C15H26IN3O3S. The Bertz CT molecular complexity index is 591. The molecule has 8 heteroatoms. The Kier molecular flexibility index (Phi) is 11.2. The lowest BCUT2D eigenvalue weighted by Crippen LogP contribution is -2.38. The largest absolute Gasteiger partial charge is 0.379 e. The second-order valence-corrected chi connectivity index (χ2v) is 7.28. The fourth-order valence-corrected chi connectivity index (χ4v) is 2.18. The van der Waals surface area contributed by atoms with Crippen molar-refractivity contribution in [1.29, 1.82) is 0 Å². The maximum Gasteiger partial charge on any atom is 0.191 e. The van der Waals surface area contributed by atoms with Crippen LogP contribution in [0.2, 0.25) is 0 Å². The molecule has 0 amide bonds. The maximum absolute atomic E-state index is 10.9. The quantitative estimate of drug-likeness (QED) is 0.268. The highest BCUT2D eigenvalue weighted by molar-refractivity contribution is 14.0. The SMILES string of the molecule is CN=C(NCCOCCS(C)(=O)=O)NCc1ccccc1C.I. The number of sulfone groups is 1. The van der Waals surface area contributed by atoms with E-state index in [4.69, 9.17) is 4.74 Å². The molecule has 1 aromatic carbocycles. The second kappa shape index (κ2) is 11.6. The van der Waals surface area contributed by atoms with Gasteiger partial charge in [-0.3, -0.25) is 4.99 Å². The molecule has 0 radical (unpaired) electrons. The van der Waals surface area contributed by atoms with Gasteiger partial charge in [0, 0.05) is 26.4 Å². The van der Waals surface area contributed by atoms with Gasteiger partial charge in [0.2, 0.25) is 0 Å². The summed E-state index contributed by atoms with van der Waals surface area (Å²) in [5.74, 6) is 0.739. The van der Waals surface area contributed by atoms with Crippen LogP contribution in [0.25, 0.3) is 0 Å². The molecule has 0 aromatic heterocycles. The molecule has 0 aliphatic rings. The van der Waals surface area contributed by atoms with Gasteiger partial charge in [0.1, 0.15) is 9.84 Å². The summed E-state index contributed by atoms with van der Waals surface area (Å²) in [4.78, 5) is 4.13. The molecule has 0 heterocycles. The highest BCUT2D eigenvalue weighted by Crippen LogP contribution is 2.05. The van der Waals surface area contributed by atoms with Gasteiger partial charge in [0.25, 0.3) is 0 Å². The number of guanidine groups is 1. The van der Waals surface area contributed by atoms with Gasteiger partial charge in [-0.15, -0.1) is 24.0 Å². The van der Waals surface area contributed by atoms with Crippen LogP contribution in [0.15, 0.2) is 29.3 Å². The molecule has 6 nitrogen and oxygen atoms in total. The number of aryl methyl sites for hydroxylation is 1. The molecule has 0 spiro atoms. The molecule has 0 aliphatic heterocycles. The number of nitrogens with zero attached hydrogens (tertiary/aromatic N) is 1. The number of nitrogens with one attached hydrogen (secondary N) is 2. The van der Waals surface area contributed by atoms with E-state index < -0.39 is 9.84 Å². The van der Waals surface area contributed by atoms with Crippen LogP contribution in [0, 0.1) is 6.92 Å². The van der Waals surface area contributed by atoms with Crippen molar-refractivity contribution in [3.05, 3.63) is 35.4 Å². The van der Waals surface area contributed by atoms with Crippen LogP contribution in [0.5, 0.6) is 0 Å². The Labute approximate surface area is 156 Å². The third kappa shape index (κ3) is 10.5. The summed E-state index contributed by atoms with van der Waals surface area (Å²) in [5.41, 5.74) is 2.45. The van der Waals surface area contributed by atoms with Gasteiger partial charge in [0.05, 0.1) is 19.0 Å². The lowest BCUT2D eigenvalue weighted by molar-refractivity contribution is 0.154. The highest BCUT2D eigenvalue weighted by atomic mass is 127. The predicted molar refractivity (Wildman–Crippen MR) is 105 cm³/mol. The smallest absolute Gasteiger partial charge is 0.191 e. The molecule has 0 atom stereocenters. The number of aliphatic imine (C=N–C) groups is 1. The highest BCUT2D eigenvalue weighted by Gasteiger charge is 2.02. The molecule has 0 saturated heterocycles. The van der Waals surface area contributed by atoms with E-state index in [1.54, 1.807) is 7.05 Å². The third-order valence-electron chi connectivity index (χ3n) is 3.07. The Balaban J connectivity index is 0.00000484. The minimum absolute atomic E-state index is 0. The minimum atomic E-state index is -2.96. The number of ether oxygens (including phenoxy) is 1. The zero-order valence-electron chi connectivity index (χ0n) is 13.8. The van der Waals surface area contributed by atoms with E-state index in [0.29, 0.717) is 25.7 Å². The first-order valence-electron chi connectivity index (χ1n) is 7.17. The van der Waals surface area contributed by atoms with Crippen molar-refractivity contribution in [3.8, 4) is 0 Å². The average Bonchev–Trinajstić information content (AvgIpc) is 2.46. The maximum atomic E-state index is 10.9. The van der Waals surface area contributed by atoms with Crippen molar-refractivity contribution < 1.29 is 13.2 Å². The monoisotopic (exact) mass is 455 g/mol. The molecule has 0 aliphatic carbocycles. The van der Waals surface area contributed by atoms with Crippen molar-refractivity contribution in [2.45, 2.75) is 13.5 Å². The molecule has 0 fully saturated rings. The van der Waals surface area contributed by atoms with E-state index in [-0.39, 0.29) is 36.3 Å². The van der Waals surface area contributed by atoms with Crippen LogP contribution in [0.1, 0.15) is 11.1 Å². The standard InChI is InChI=1S/C15H25N3O3S.HI/c1-13-6-4-5-7-14(13)12-18-15(16-2)17-8-9-21-10-11-22(3,19)20;/h4-7H,8-12H2,1-3H3,(H2,16,17,18);1H. The molecule has 0 saturated carbocycles. The first-order valence-corrected chi connectivity index (χ1v) is 9.23. The van der Waals surface area contributed by atoms with E-state index in [2.05, 4.69) is 34.7 Å². The Morgan fingerprint density at radius 3 is 2.52 bits per heavy atom. The fourth-order valence-electron chi connectivity index (χ4n) is 1.76. The van der Waals surface area contributed by atoms with Gasteiger partial charge in [-0.2, -0.15) is 0 Å². The molecule has 132 valence electrons. The summed E-state index contributed by atoms with van der Waals surface area (Å²) < 4.78 is 27.1. The minimum Gasteiger partial charge on any atom is -0.379 e. The van der Waals surface area contributed by atoms with Crippen molar-refractivity contribution in [2.75, 3.05) is 38.8 Å². The molecule has 2 N–H and O–H groups in total. The van der Waals surface area contributed by atoms with Crippen LogP contribution in [-0.2, 0) is 21.1 Å². The van der Waals surface area contributed by atoms with Gasteiger partial charge in [-0.25, -0.2) is 8.42 Å². The normalized spacial score (nSPS) is 11.7. The van der Waals surface area contributed by atoms with Crippen LogP contribution >= 0.6 is 24.0 Å². The first-order chi connectivity index (χ1) is 10.4. The zero-order valence-corrected chi connectivity index (χ0v) is 17.0. The van der Waals surface area contributed by atoms with Crippen molar-refractivity contribution in [1.82, 2.24) is 10.6 Å². The molecular weight excluding hydrogens is 429 g/mol. The number of hydrogen-bond acceptors (Lipinski definition) is 4. The van der Waals surface area contributed by atoms with E-state index in [1.807, 2.05) is 12.1 Å². The zero-order chi connectivity index (χ0) is 16.4. The van der Waals surface area contributed by atoms with Crippen LogP contribution in [0.4, 0.5) is 0 Å².